The smallest absolute Gasteiger partial charge is 0.407 e. The van der Waals surface area contributed by atoms with E-state index in [0.29, 0.717) is 43.6 Å². The highest BCUT2D eigenvalue weighted by Gasteiger charge is 2.77. The minimum Gasteiger partial charge on any atom is -1.00 e. The molecule has 0 radical (unpaired) electrons. The van der Waals surface area contributed by atoms with Crippen LogP contribution in [0.5, 0.6) is 0 Å². The molecule has 2 fully saturated rings. The van der Waals surface area contributed by atoms with Gasteiger partial charge in [-0.2, -0.15) is 0 Å². The first-order valence-corrected chi connectivity index (χ1v) is 21.3. The maximum absolute atomic E-state index is 12.7. The van der Waals surface area contributed by atoms with Crippen molar-refractivity contribution in [2.75, 3.05) is 40.0 Å². The van der Waals surface area contributed by atoms with Crippen LogP contribution in [0.25, 0.3) is 0 Å². The lowest BCUT2D eigenvalue weighted by Crippen LogP contribution is -3.00. The molecule has 306 valence electrons. The lowest BCUT2D eigenvalue weighted by molar-refractivity contribution is -0.693. The van der Waals surface area contributed by atoms with Crippen LogP contribution in [0, 0.1) is 17.3 Å². The summed E-state index contributed by atoms with van der Waals surface area (Å²) in [4.78, 5) is 25.2. The van der Waals surface area contributed by atoms with E-state index < -0.39 is 6.09 Å². The number of fused-ring (bicyclic) bond motifs is 1. The maximum Gasteiger partial charge on any atom is 0.407 e. The third-order valence-electron chi connectivity index (χ3n) is 12.1. The number of carbonyl (C=O) groups excluding carboxylic acids is 2. The molecule has 10 heteroatoms. The van der Waals surface area contributed by atoms with Gasteiger partial charge in [0.1, 0.15) is 24.8 Å². The average Bonchev–Trinajstić information content (AvgIpc) is 3.65. The van der Waals surface area contributed by atoms with Crippen LogP contribution in [0.15, 0.2) is 24.5 Å². The summed E-state index contributed by atoms with van der Waals surface area (Å²) in [7, 11) is 1.65. The molecule has 1 aromatic heterocycles. The van der Waals surface area contributed by atoms with Crippen LogP contribution < -0.4 is 44.5 Å². The molecule has 0 spiro atoms. The topological polar surface area (TPSA) is 102 Å². The molecule has 0 aliphatic heterocycles. The highest BCUT2D eigenvalue weighted by molar-refractivity contribution is 5.93. The van der Waals surface area contributed by atoms with E-state index in [1.165, 1.54) is 89.9 Å². The summed E-state index contributed by atoms with van der Waals surface area (Å²) in [6.07, 6.45) is 26.7. The number of nitrogens with one attached hydrogen (secondary N) is 3. The monoisotopic (exact) mass is 856 g/mol. The van der Waals surface area contributed by atoms with Gasteiger partial charge in [-0.1, -0.05) is 124 Å². The number of carbonyl (C=O) groups is 2. The van der Waals surface area contributed by atoms with E-state index in [2.05, 4.69) is 50.6 Å². The number of methoxy groups -OCH3 is 1. The number of nitrogens with zero attached hydrogens (tertiary/aromatic N) is 1. The van der Waals surface area contributed by atoms with E-state index in [1.807, 2.05) is 29.1 Å². The Morgan fingerprint density at radius 2 is 1.43 bits per heavy atom. The van der Waals surface area contributed by atoms with Crippen molar-refractivity contribution in [2.45, 2.75) is 174 Å². The second-order valence-electron chi connectivity index (χ2n) is 16.2. The van der Waals surface area contributed by atoms with Crippen molar-refractivity contribution in [2.24, 2.45) is 17.3 Å². The van der Waals surface area contributed by atoms with Crippen LogP contribution in [0.3, 0.4) is 0 Å². The number of halogens is 1. The van der Waals surface area contributed by atoms with Crippen LogP contribution in [-0.2, 0) is 20.8 Å². The van der Waals surface area contributed by atoms with Crippen molar-refractivity contribution in [3.63, 3.8) is 0 Å². The number of pyridine rings is 1. The summed E-state index contributed by atoms with van der Waals surface area (Å²) < 4.78 is 20.1. The third kappa shape index (κ3) is 15.5. The molecule has 1 heterocycles. The SMILES string of the molecule is CCCCCCCCCCCCCCCCCCNC(=O)OCC(COC12C(NCCNC(=O)c3ccc[n+](CC)c3)C(C)CCC1C2(C)C)OC.[I-]. The summed E-state index contributed by atoms with van der Waals surface area (Å²) in [6.45, 7) is 14.4. The Morgan fingerprint density at radius 3 is 2.02 bits per heavy atom. The molecule has 5 atom stereocenters. The summed E-state index contributed by atoms with van der Waals surface area (Å²) in [5, 5.41) is 9.74. The Balaban J connectivity index is 0.00000972. The van der Waals surface area contributed by atoms with Crippen molar-refractivity contribution in [3.05, 3.63) is 30.1 Å². The number of hydrogen-bond donors (Lipinski definition) is 3. The van der Waals surface area contributed by atoms with Gasteiger partial charge >= 0.3 is 6.09 Å². The molecule has 5 unspecified atom stereocenters. The first-order valence-electron chi connectivity index (χ1n) is 21.3. The van der Waals surface area contributed by atoms with Gasteiger partial charge in [0.15, 0.2) is 12.4 Å². The van der Waals surface area contributed by atoms with Gasteiger partial charge in [0, 0.05) is 44.3 Å². The molecular formula is C43H77IN4O5. The van der Waals surface area contributed by atoms with Crippen molar-refractivity contribution < 1.29 is 52.3 Å². The van der Waals surface area contributed by atoms with Crippen molar-refractivity contribution in [1.29, 1.82) is 0 Å². The van der Waals surface area contributed by atoms with Gasteiger partial charge in [0.25, 0.3) is 5.91 Å². The first-order chi connectivity index (χ1) is 25.2. The van der Waals surface area contributed by atoms with Crippen LogP contribution in [0.2, 0.25) is 0 Å². The fourth-order valence-electron chi connectivity index (χ4n) is 8.66. The second kappa shape index (κ2) is 26.4. The fraction of sp³-hybridized carbons (Fsp3) is 0.837. The fourth-order valence-corrected chi connectivity index (χ4v) is 8.66. The van der Waals surface area contributed by atoms with Gasteiger partial charge in [-0.05, 0) is 44.1 Å². The molecule has 3 rings (SSSR count). The Bertz CT molecular complexity index is 1160. The van der Waals surface area contributed by atoms with Crippen LogP contribution in [0.1, 0.15) is 161 Å². The van der Waals surface area contributed by atoms with E-state index in [4.69, 9.17) is 14.2 Å². The molecular weight excluding hydrogens is 779 g/mol. The Hall–Kier alpha value is -1.50. The number of unbranched alkanes of at least 4 members (excludes halogenated alkanes) is 15. The van der Waals surface area contributed by atoms with E-state index >= 15 is 0 Å². The lowest BCUT2D eigenvalue weighted by Gasteiger charge is -2.39. The minimum absolute atomic E-state index is 0. The lowest BCUT2D eigenvalue weighted by atomic mass is 9.82. The number of ether oxygens (including phenoxy) is 3. The number of aromatic nitrogens is 1. The van der Waals surface area contributed by atoms with Gasteiger partial charge < -0.3 is 54.1 Å². The molecule has 3 N–H and O–H groups in total. The van der Waals surface area contributed by atoms with E-state index in [0.717, 1.165) is 32.2 Å². The first kappa shape index (κ1) is 47.7. The van der Waals surface area contributed by atoms with E-state index in [1.54, 1.807) is 7.11 Å². The van der Waals surface area contributed by atoms with Crippen LogP contribution in [0.4, 0.5) is 4.79 Å². The van der Waals surface area contributed by atoms with Gasteiger partial charge in [-0.15, -0.1) is 0 Å². The minimum atomic E-state index is -0.390. The van der Waals surface area contributed by atoms with Gasteiger partial charge in [0.2, 0.25) is 0 Å². The largest absolute Gasteiger partial charge is 1.00 e. The summed E-state index contributed by atoms with van der Waals surface area (Å²) in [6, 6.07) is 3.91. The number of alkyl carbamates (subject to hydrolysis) is 1. The zero-order valence-corrected chi connectivity index (χ0v) is 36.6. The van der Waals surface area contributed by atoms with Crippen molar-refractivity contribution in [1.82, 2.24) is 16.0 Å². The maximum atomic E-state index is 12.7. The van der Waals surface area contributed by atoms with E-state index in [-0.39, 0.29) is 59.7 Å². The van der Waals surface area contributed by atoms with Gasteiger partial charge in [0.05, 0.1) is 12.2 Å². The predicted octanol–water partition coefficient (Wildman–Crippen LogP) is 5.53. The normalized spacial score (nSPS) is 22.0. The molecule has 0 bridgehead atoms. The quantitative estimate of drug-likeness (QED) is 0.0558. The Labute approximate surface area is 340 Å². The van der Waals surface area contributed by atoms with Gasteiger partial charge in [-0.25, -0.2) is 9.36 Å². The molecule has 2 aliphatic carbocycles. The molecule has 0 saturated heterocycles. The van der Waals surface area contributed by atoms with E-state index in [9.17, 15) is 9.59 Å². The van der Waals surface area contributed by atoms with Gasteiger partial charge in [-0.3, -0.25) is 4.79 Å². The predicted molar refractivity (Wildman–Crippen MR) is 210 cm³/mol. The van der Waals surface area contributed by atoms with Crippen LogP contribution in [-0.4, -0.2) is 69.7 Å². The second-order valence-corrected chi connectivity index (χ2v) is 16.2. The third-order valence-corrected chi connectivity index (χ3v) is 12.1. The average molecular weight is 857 g/mol. The molecule has 53 heavy (non-hydrogen) atoms. The number of hydrogen-bond acceptors (Lipinski definition) is 6. The Morgan fingerprint density at radius 1 is 0.830 bits per heavy atom. The number of rotatable bonds is 29. The molecule has 9 nitrogen and oxygen atoms in total. The molecule has 0 aromatic carbocycles. The number of aryl methyl sites for hydroxylation is 1. The van der Waals surface area contributed by atoms with Crippen molar-refractivity contribution in [3.8, 4) is 0 Å². The zero-order valence-electron chi connectivity index (χ0n) is 34.5. The van der Waals surface area contributed by atoms with Crippen LogP contribution >= 0.6 is 0 Å². The molecule has 2 aliphatic rings. The standard InChI is InChI=1S/C43H76N4O5.HI/c1-7-9-10-11-12-13-14-15-16-17-18-19-20-21-22-23-28-46-41(49)51-33-37(50-6)34-52-43-38(42(43,4)5)27-26-35(3)39(43)44-29-30-45-40(48)36-25-24-31-47(8-2)32-36;/h24-25,31-32,35,37-39,44H,7-23,26-30,33-34H2,1-6H3,(H-,45,46,48,49);1H. The summed E-state index contributed by atoms with van der Waals surface area (Å²) in [5.41, 5.74) is 0.354. The highest BCUT2D eigenvalue weighted by atomic mass is 127. The molecule has 2 saturated carbocycles. The molecule has 2 amide bonds. The number of amides is 2. The van der Waals surface area contributed by atoms with Crippen molar-refractivity contribution >= 4 is 12.0 Å². The zero-order chi connectivity index (χ0) is 37.7. The summed E-state index contributed by atoms with van der Waals surface area (Å²) >= 11 is 0. The highest BCUT2D eigenvalue weighted by Crippen LogP contribution is 2.70. The molecule has 1 aromatic rings. The Kier molecular flexibility index (Phi) is 23.7. The summed E-state index contributed by atoms with van der Waals surface area (Å²) in [5.74, 6) is 0.811.